The van der Waals surface area contributed by atoms with Gasteiger partial charge >= 0.3 is 5.38 Å². The maximum Gasteiger partial charge on any atom is 0.365 e. The molecule has 0 aliphatic heterocycles. The zero-order valence-corrected chi connectivity index (χ0v) is 14.3. The van der Waals surface area contributed by atoms with Crippen molar-refractivity contribution in [2.24, 2.45) is 0 Å². The van der Waals surface area contributed by atoms with Crippen molar-refractivity contribution in [2.75, 3.05) is 9.97 Å². The van der Waals surface area contributed by atoms with E-state index in [0.29, 0.717) is 3.71 Å². The molecule has 0 N–H and O–H groups in total. The first kappa shape index (κ1) is 18.4. The molecule has 0 amide bonds. The first-order valence-corrected chi connectivity index (χ1v) is 8.87. The highest BCUT2D eigenvalue weighted by Crippen LogP contribution is 2.52. The van der Waals surface area contributed by atoms with Gasteiger partial charge in [0.15, 0.2) is 0 Å². The van der Waals surface area contributed by atoms with Gasteiger partial charge in [0, 0.05) is 17.0 Å². The molecule has 0 aromatic heterocycles. The van der Waals surface area contributed by atoms with Crippen LogP contribution in [0, 0.1) is 0 Å². The van der Waals surface area contributed by atoms with Gasteiger partial charge in [-0.2, -0.15) is 8.78 Å². The minimum atomic E-state index is -4.05. The molecule has 0 atom stereocenters. The van der Waals surface area contributed by atoms with Crippen molar-refractivity contribution >= 4 is 74.1 Å². The Hall–Kier alpha value is 0.340. The summed E-state index contributed by atoms with van der Waals surface area (Å²) in [5.41, 5.74) is 0.0107. The number of hydrogen-bond donors (Lipinski definition) is 0. The molecule has 0 heterocycles. The molecule has 20 heavy (non-hydrogen) atoms. The van der Waals surface area contributed by atoms with E-state index in [-0.39, 0.29) is 22.7 Å². The fraction of sp³-hybridized carbons (Fsp3) is 0.333. The molecule has 0 spiro atoms. The Bertz CT molecular complexity index is 592. The Balaban J connectivity index is 3.24. The Morgan fingerprint density at radius 2 is 1.80 bits per heavy atom. The molecular formula is C9H7Cl4F2NO2S2. The quantitative estimate of drug-likeness (QED) is 0.526. The Morgan fingerprint density at radius 1 is 1.25 bits per heavy atom. The van der Waals surface area contributed by atoms with Crippen molar-refractivity contribution in [3.8, 4) is 0 Å². The van der Waals surface area contributed by atoms with Crippen LogP contribution in [0.4, 0.5) is 14.5 Å². The van der Waals surface area contributed by atoms with Crippen molar-refractivity contribution in [2.45, 2.75) is 9.05 Å². The summed E-state index contributed by atoms with van der Waals surface area (Å²) >= 11 is 21.3. The smallest absolute Gasteiger partial charge is 0.209 e. The molecule has 0 saturated carbocycles. The van der Waals surface area contributed by atoms with E-state index in [9.17, 15) is 17.2 Å². The summed E-state index contributed by atoms with van der Waals surface area (Å²) in [7, 11) is -3.95. The number of rotatable bonds is 5. The Kier molecular flexibility index (Phi) is 5.72. The summed E-state index contributed by atoms with van der Waals surface area (Å²) in [6, 6.07) is 5.53. The van der Waals surface area contributed by atoms with Gasteiger partial charge in [0.05, 0.1) is 11.9 Å². The number of anilines is 1. The lowest BCUT2D eigenvalue weighted by Crippen LogP contribution is -2.36. The molecule has 0 saturated heterocycles. The zero-order valence-electron chi connectivity index (χ0n) is 9.66. The summed E-state index contributed by atoms with van der Waals surface area (Å²) in [5.74, 6) is 0. The first-order valence-electron chi connectivity index (χ1n) is 4.74. The van der Waals surface area contributed by atoms with Gasteiger partial charge in [0.2, 0.25) is 10.0 Å². The lowest BCUT2D eigenvalue weighted by molar-refractivity contribution is 0.103. The number of sulfonamides is 1. The zero-order chi connectivity index (χ0) is 15.8. The van der Waals surface area contributed by atoms with Gasteiger partial charge in [-0.1, -0.05) is 40.9 Å². The van der Waals surface area contributed by atoms with Crippen molar-refractivity contribution < 1.29 is 17.2 Å². The Morgan fingerprint density at radius 3 is 2.20 bits per heavy atom. The maximum absolute atomic E-state index is 13.1. The molecule has 0 unspecified atom stereocenters. The summed E-state index contributed by atoms with van der Waals surface area (Å²) in [6.45, 7) is 0. The van der Waals surface area contributed by atoms with Crippen LogP contribution in [0.3, 0.4) is 0 Å². The number of hydrogen-bond acceptors (Lipinski definition) is 3. The van der Waals surface area contributed by atoms with Crippen LogP contribution < -0.4 is 3.71 Å². The first-order chi connectivity index (χ1) is 8.84. The van der Waals surface area contributed by atoms with Crippen molar-refractivity contribution in [3.63, 3.8) is 0 Å². The van der Waals surface area contributed by atoms with E-state index in [0.717, 1.165) is 6.26 Å². The third kappa shape index (κ3) is 4.68. The minimum Gasteiger partial charge on any atom is -0.209 e. The molecule has 0 bridgehead atoms. The second-order valence-electron chi connectivity index (χ2n) is 3.58. The number of alkyl halides is 5. The monoisotopic (exact) mass is 403 g/mol. The summed E-state index contributed by atoms with van der Waals surface area (Å²) in [4.78, 5) is 0. The van der Waals surface area contributed by atoms with Crippen molar-refractivity contribution in [1.29, 1.82) is 0 Å². The fourth-order valence-corrected chi connectivity index (χ4v) is 3.91. The molecular weight excluding hydrogens is 398 g/mol. The van der Waals surface area contributed by atoms with Crippen LogP contribution in [0.25, 0.3) is 0 Å². The number of nitrogens with zero attached hydrogens (tertiary/aromatic N) is 1. The van der Waals surface area contributed by atoms with Crippen LogP contribution in [0.1, 0.15) is 0 Å². The van der Waals surface area contributed by atoms with Crippen molar-refractivity contribution in [3.05, 3.63) is 29.3 Å². The maximum atomic E-state index is 13.1. The second kappa shape index (κ2) is 6.22. The summed E-state index contributed by atoms with van der Waals surface area (Å²) in [6.07, 6.45) is 0.803. The van der Waals surface area contributed by atoms with Gasteiger partial charge in [-0.05, 0) is 29.8 Å². The van der Waals surface area contributed by atoms with Gasteiger partial charge < -0.3 is 0 Å². The summed E-state index contributed by atoms with van der Waals surface area (Å²) < 4.78 is 47.2. The van der Waals surface area contributed by atoms with Gasteiger partial charge in [0.1, 0.15) is 0 Å². The van der Waals surface area contributed by atoms with Crippen molar-refractivity contribution in [1.82, 2.24) is 0 Å². The lowest BCUT2D eigenvalue weighted by Gasteiger charge is -2.30. The molecule has 1 rings (SSSR count). The van der Waals surface area contributed by atoms with E-state index in [1.807, 2.05) is 0 Å². The van der Waals surface area contributed by atoms with E-state index >= 15 is 0 Å². The summed E-state index contributed by atoms with van der Waals surface area (Å²) in [5, 5.41) is -3.84. The fourth-order valence-electron chi connectivity index (χ4n) is 1.06. The van der Waals surface area contributed by atoms with Crippen LogP contribution in [0.15, 0.2) is 24.3 Å². The number of benzene rings is 1. The van der Waals surface area contributed by atoms with E-state index in [2.05, 4.69) is 0 Å². The highest BCUT2D eigenvalue weighted by atomic mass is 35.5. The Labute approximate surface area is 139 Å². The second-order valence-corrected chi connectivity index (χ2v) is 9.48. The van der Waals surface area contributed by atoms with Crippen LogP contribution in [0.5, 0.6) is 0 Å². The average molecular weight is 405 g/mol. The highest BCUT2D eigenvalue weighted by Gasteiger charge is 2.53. The van der Waals surface area contributed by atoms with Crippen LogP contribution in [0.2, 0.25) is 5.02 Å². The molecule has 1 aromatic rings. The van der Waals surface area contributed by atoms with E-state index < -0.39 is 19.1 Å². The average Bonchev–Trinajstić information content (AvgIpc) is 2.22. The van der Waals surface area contributed by atoms with E-state index in [1.54, 1.807) is 0 Å². The largest absolute Gasteiger partial charge is 0.365 e. The standard InChI is InChI=1S/C9H7Cl4F2NO2S2/c1-20(17,18)16(7-4-2-3-6(10)5-7)19-8(11,12)9(13,14)15/h2-5H,1H3. The topological polar surface area (TPSA) is 37.4 Å². The van der Waals surface area contributed by atoms with Gasteiger partial charge in [-0.25, -0.2) is 12.1 Å². The molecule has 11 heteroatoms. The van der Waals surface area contributed by atoms with E-state index in [1.165, 1.54) is 24.3 Å². The molecule has 3 nitrogen and oxygen atoms in total. The molecule has 1 aromatic carbocycles. The lowest BCUT2D eigenvalue weighted by atomic mass is 10.3. The van der Waals surface area contributed by atoms with Gasteiger partial charge in [-0.15, -0.1) is 0 Å². The third-order valence-electron chi connectivity index (χ3n) is 1.85. The van der Waals surface area contributed by atoms with Crippen LogP contribution >= 0.6 is 58.4 Å². The molecule has 0 fully saturated rings. The SMILES string of the molecule is CS(=O)(=O)N(SC(Cl)(Cl)C(F)(F)Cl)c1cccc(Cl)c1. The normalized spacial score (nSPS) is 13.3. The molecule has 0 radical (unpaired) electrons. The van der Waals surface area contributed by atoms with Crippen LogP contribution in [-0.2, 0) is 10.0 Å². The molecule has 0 aliphatic rings. The minimum absolute atomic E-state index is 0.0107. The van der Waals surface area contributed by atoms with Gasteiger partial charge in [-0.3, -0.25) is 0 Å². The third-order valence-corrected chi connectivity index (χ3v) is 6.27. The number of halogens is 6. The highest BCUT2D eigenvalue weighted by molar-refractivity contribution is 8.16. The predicted molar refractivity (Wildman–Crippen MR) is 81.6 cm³/mol. The van der Waals surface area contributed by atoms with Gasteiger partial charge in [0.25, 0.3) is 3.67 Å². The van der Waals surface area contributed by atoms with Crippen LogP contribution in [-0.4, -0.2) is 23.7 Å². The molecule has 0 aliphatic carbocycles. The molecule has 114 valence electrons. The van der Waals surface area contributed by atoms with E-state index in [4.69, 9.17) is 46.4 Å². The predicted octanol–water partition coefficient (Wildman–Crippen LogP) is 4.72.